The van der Waals surface area contributed by atoms with Crippen molar-refractivity contribution in [2.24, 2.45) is 0 Å². The van der Waals surface area contributed by atoms with E-state index in [1.165, 1.54) is 0 Å². The zero-order chi connectivity index (χ0) is 19.0. The number of anilines is 3. The molecule has 1 fully saturated rings. The van der Waals surface area contributed by atoms with Crippen molar-refractivity contribution in [3.63, 3.8) is 0 Å². The number of carbonyl (C=O) groups excluding carboxylic acids is 2. The highest BCUT2D eigenvalue weighted by atomic mass is 16.2. The number of nitrogens with zero attached hydrogens (tertiary/aromatic N) is 2. The Morgan fingerprint density at radius 1 is 1.11 bits per heavy atom. The number of benzene rings is 2. The fourth-order valence-corrected chi connectivity index (χ4v) is 3.83. The fourth-order valence-electron chi connectivity index (χ4n) is 3.83. The van der Waals surface area contributed by atoms with Gasteiger partial charge in [-0.1, -0.05) is 24.3 Å². The van der Waals surface area contributed by atoms with Gasteiger partial charge >= 0.3 is 6.03 Å². The highest BCUT2D eigenvalue weighted by Crippen LogP contribution is 2.37. The molecule has 0 saturated carbocycles. The minimum Gasteiger partial charge on any atom is -0.335 e. The largest absolute Gasteiger partial charge is 0.335 e. The van der Waals surface area contributed by atoms with Crippen molar-refractivity contribution in [3.8, 4) is 0 Å². The zero-order valence-corrected chi connectivity index (χ0v) is 15.6. The lowest BCUT2D eigenvalue weighted by Gasteiger charge is -2.36. The minimum atomic E-state index is -0.207. The molecule has 6 nitrogen and oxygen atoms in total. The Kier molecular flexibility index (Phi) is 4.58. The van der Waals surface area contributed by atoms with Gasteiger partial charge in [0.1, 0.15) is 0 Å². The molecule has 2 atom stereocenters. The van der Waals surface area contributed by atoms with Gasteiger partial charge in [0.15, 0.2) is 0 Å². The Morgan fingerprint density at radius 3 is 2.59 bits per heavy atom. The number of amides is 3. The van der Waals surface area contributed by atoms with Gasteiger partial charge in [0.05, 0.1) is 22.6 Å². The van der Waals surface area contributed by atoms with Crippen molar-refractivity contribution < 1.29 is 9.59 Å². The summed E-state index contributed by atoms with van der Waals surface area (Å²) in [6, 6.07) is 15.0. The Bertz CT molecular complexity index is 882. The summed E-state index contributed by atoms with van der Waals surface area (Å²) in [4.78, 5) is 29.9. The second-order valence-corrected chi connectivity index (χ2v) is 7.32. The van der Waals surface area contributed by atoms with E-state index in [2.05, 4.69) is 29.5 Å². The number of urea groups is 1. The quantitative estimate of drug-likeness (QED) is 0.813. The van der Waals surface area contributed by atoms with E-state index in [0.717, 1.165) is 19.4 Å². The van der Waals surface area contributed by atoms with Crippen molar-refractivity contribution >= 4 is 29.0 Å². The lowest BCUT2D eigenvalue weighted by Crippen LogP contribution is -2.50. The van der Waals surface area contributed by atoms with Crippen LogP contribution in [0.1, 0.15) is 30.1 Å². The van der Waals surface area contributed by atoms with Crippen LogP contribution in [0.25, 0.3) is 0 Å². The molecule has 0 radical (unpaired) electrons. The molecule has 4 rings (SSSR count). The zero-order valence-electron chi connectivity index (χ0n) is 15.6. The molecule has 2 aromatic rings. The van der Waals surface area contributed by atoms with Gasteiger partial charge in [-0.05, 0) is 51.1 Å². The lowest BCUT2D eigenvalue weighted by molar-refractivity contribution is 0.102. The summed E-state index contributed by atoms with van der Waals surface area (Å²) in [6.07, 6.45) is 1.83. The van der Waals surface area contributed by atoms with E-state index in [-0.39, 0.29) is 18.0 Å². The molecule has 2 N–H and O–H groups in total. The van der Waals surface area contributed by atoms with E-state index < -0.39 is 0 Å². The van der Waals surface area contributed by atoms with Gasteiger partial charge in [-0.2, -0.15) is 0 Å². The Morgan fingerprint density at radius 2 is 1.81 bits per heavy atom. The predicted molar refractivity (Wildman–Crippen MR) is 107 cm³/mol. The molecule has 140 valence electrons. The first-order valence-electron chi connectivity index (χ1n) is 9.35. The summed E-state index contributed by atoms with van der Waals surface area (Å²) >= 11 is 0. The van der Waals surface area contributed by atoms with Gasteiger partial charge in [0.2, 0.25) is 0 Å². The van der Waals surface area contributed by atoms with Gasteiger partial charge in [0.25, 0.3) is 5.91 Å². The smallest absolute Gasteiger partial charge is 0.326 e. The first kappa shape index (κ1) is 17.5. The number of fused-ring (bicyclic) bond motifs is 2. The SMILES string of the molecule is C[C@H]1C[C@H](NC(=O)N2c3ccccc3NC(=O)c3ccccc32)CCN1C. The van der Waals surface area contributed by atoms with Gasteiger partial charge in [-0.3, -0.25) is 9.69 Å². The average Bonchev–Trinajstić information content (AvgIpc) is 2.79. The van der Waals surface area contributed by atoms with Crippen molar-refractivity contribution in [2.45, 2.75) is 31.8 Å². The average molecular weight is 364 g/mol. The molecule has 1 saturated heterocycles. The molecular weight excluding hydrogens is 340 g/mol. The topological polar surface area (TPSA) is 64.7 Å². The molecule has 2 aliphatic heterocycles. The molecule has 0 spiro atoms. The van der Waals surface area contributed by atoms with E-state index in [4.69, 9.17) is 0 Å². The first-order chi connectivity index (χ1) is 13.0. The van der Waals surface area contributed by atoms with E-state index >= 15 is 0 Å². The van der Waals surface area contributed by atoms with Crippen LogP contribution in [-0.4, -0.2) is 42.5 Å². The summed E-state index contributed by atoms with van der Waals surface area (Å²) in [5.74, 6) is -0.207. The van der Waals surface area contributed by atoms with Gasteiger partial charge in [-0.15, -0.1) is 0 Å². The van der Waals surface area contributed by atoms with Crippen molar-refractivity contribution in [2.75, 3.05) is 23.8 Å². The van der Waals surface area contributed by atoms with Gasteiger partial charge in [-0.25, -0.2) is 4.79 Å². The molecule has 0 aromatic heterocycles. The molecule has 3 amide bonds. The van der Waals surface area contributed by atoms with E-state index in [1.54, 1.807) is 11.0 Å². The van der Waals surface area contributed by atoms with Crippen LogP contribution < -0.4 is 15.5 Å². The third kappa shape index (κ3) is 3.28. The molecule has 0 aliphatic carbocycles. The maximum Gasteiger partial charge on any atom is 0.326 e. The van der Waals surface area contributed by atoms with Crippen LogP contribution in [-0.2, 0) is 0 Å². The van der Waals surface area contributed by atoms with E-state index in [1.807, 2.05) is 42.5 Å². The highest BCUT2D eigenvalue weighted by Gasteiger charge is 2.31. The van der Waals surface area contributed by atoms with Crippen molar-refractivity contribution in [1.82, 2.24) is 10.2 Å². The number of nitrogens with one attached hydrogen (secondary N) is 2. The van der Waals surface area contributed by atoms with Crippen molar-refractivity contribution in [1.29, 1.82) is 0 Å². The molecule has 2 aromatic carbocycles. The van der Waals surface area contributed by atoms with Crippen LogP contribution >= 0.6 is 0 Å². The molecule has 0 bridgehead atoms. The standard InChI is InChI=1S/C21H24N4O2/c1-14-13-15(11-12-24(14)2)22-21(27)25-18-9-5-3-7-16(18)20(26)23-17-8-4-6-10-19(17)25/h3-10,14-15H,11-13H2,1-2H3,(H,22,27)(H,23,26)/t14-,15+/m0/s1. The van der Waals surface area contributed by atoms with Gasteiger partial charge in [0, 0.05) is 18.6 Å². The molecule has 27 heavy (non-hydrogen) atoms. The van der Waals surface area contributed by atoms with Crippen LogP contribution in [0.3, 0.4) is 0 Å². The third-order valence-corrected chi connectivity index (χ3v) is 5.52. The third-order valence-electron chi connectivity index (χ3n) is 5.52. The highest BCUT2D eigenvalue weighted by molar-refractivity contribution is 6.17. The number of likely N-dealkylation sites (tertiary alicyclic amines) is 1. The number of hydrogen-bond acceptors (Lipinski definition) is 3. The molecule has 0 unspecified atom stereocenters. The number of rotatable bonds is 1. The number of piperidine rings is 1. The lowest BCUT2D eigenvalue weighted by atomic mass is 9.99. The monoisotopic (exact) mass is 364 g/mol. The van der Waals surface area contributed by atoms with Gasteiger partial charge < -0.3 is 15.5 Å². The van der Waals surface area contributed by atoms with Crippen molar-refractivity contribution in [3.05, 3.63) is 54.1 Å². The van der Waals surface area contributed by atoms with Crippen LogP contribution in [0.15, 0.2) is 48.5 Å². The number of carbonyl (C=O) groups is 2. The Balaban J connectivity index is 1.70. The van der Waals surface area contributed by atoms with Crippen LogP contribution in [0.2, 0.25) is 0 Å². The summed E-state index contributed by atoms with van der Waals surface area (Å²) in [5, 5.41) is 6.10. The summed E-state index contributed by atoms with van der Waals surface area (Å²) in [5.41, 5.74) is 2.39. The molecule has 6 heteroatoms. The minimum absolute atomic E-state index is 0.120. The van der Waals surface area contributed by atoms with Crippen LogP contribution in [0, 0.1) is 0 Å². The second-order valence-electron chi connectivity index (χ2n) is 7.32. The first-order valence-corrected chi connectivity index (χ1v) is 9.35. The second kappa shape index (κ2) is 7.04. The summed E-state index contributed by atoms with van der Waals surface area (Å²) < 4.78 is 0. The Hall–Kier alpha value is -2.86. The maximum absolute atomic E-state index is 13.3. The normalized spacial score (nSPS) is 22.3. The Labute approximate surface area is 159 Å². The van der Waals surface area contributed by atoms with Crippen LogP contribution in [0.4, 0.5) is 21.9 Å². The molecular formula is C21H24N4O2. The number of hydrogen-bond donors (Lipinski definition) is 2. The van der Waals surface area contributed by atoms with E-state index in [0.29, 0.717) is 28.7 Å². The molecule has 2 heterocycles. The number of para-hydroxylation sites is 3. The van der Waals surface area contributed by atoms with E-state index in [9.17, 15) is 9.59 Å². The summed E-state index contributed by atoms with van der Waals surface area (Å²) in [7, 11) is 2.11. The summed E-state index contributed by atoms with van der Waals surface area (Å²) in [6.45, 7) is 3.14. The fraction of sp³-hybridized carbons (Fsp3) is 0.333. The maximum atomic E-state index is 13.3. The van der Waals surface area contributed by atoms with Crippen LogP contribution in [0.5, 0.6) is 0 Å². The molecule has 2 aliphatic rings. The predicted octanol–water partition coefficient (Wildman–Crippen LogP) is 3.58.